The number of amides is 1. The summed E-state index contributed by atoms with van der Waals surface area (Å²) in [5.74, 6) is 0. The first-order valence-corrected chi connectivity index (χ1v) is 8.93. The molecule has 0 fully saturated rings. The lowest BCUT2D eigenvalue weighted by atomic mass is 10.1. The lowest BCUT2D eigenvalue weighted by Gasteiger charge is -2.14. The molecule has 1 aromatic heterocycles. The van der Waals surface area contributed by atoms with Gasteiger partial charge in [-0.15, -0.1) is 0 Å². The minimum Gasteiger partial charge on any atom is -0.465 e. The summed E-state index contributed by atoms with van der Waals surface area (Å²) in [6.45, 7) is 3.86. The molecule has 0 aliphatic carbocycles. The SMILES string of the molecule is CCc1ccccc1N=Cc1c(C)[nH]n(-c2cccc(N(C)C(=O)O)c2)c1=O. The highest BCUT2D eigenvalue weighted by Gasteiger charge is 2.13. The normalized spacial score (nSPS) is 11.1. The number of para-hydroxylation sites is 1. The average Bonchev–Trinajstić information content (AvgIpc) is 2.99. The van der Waals surface area contributed by atoms with Gasteiger partial charge in [-0.2, -0.15) is 0 Å². The van der Waals surface area contributed by atoms with E-state index in [-0.39, 0.29) is 5.56 Å². The van der Waals surface area contributed by atoms with Gasteiger partial charge in [-0.1, -0.05) is 31.2 Å². The summed E-state index contributed by atoms with van der Waals surface area (Å²) in [6.07, 6.45) is 1.36. The third-order valence-electron chi connectivity index (χ3n) is 4.58. The zero-order chi connectivity index (χ0) is 20.3. The van der Waals surface area contributed by atoms with Crippen molar-refractivity contribution in [2.24, 2.45) is 4.99 Å². The van der Waals surface area contributed by atoms with Crippen LogP contribution in [-0.2, 0) is 6.42 Å². The molecule has 2 N–H and O–H groups in total. The summed E-state index contributed by atoms with van der Waals surface area (Å²) < 4.78 is 1.39. The number of aromatic nitrogens is 2. The summed E-state index contributed by atoms with van der Waals surface area (Å²) in [5, 5.41) is 12.2. The number of hydrogen-bond donors (Lipinski definition) is 2. The summed E-state index contributed by atoms with van der Waals surface area (Å²) >= 11 is 0. The maximum atomic E-state index is 12.9. The summed E-state index contributed by atoms with van der Waals surface area (Å²) in [7, 11) is 1.45. The van der Waals surface area contributed by atoms with Gasteiger partial charge in [0.05, 0.1) is 16.9 Å². The molecule has 7 heteroatoms. The van der Waals surface area contributed by atoms with Crippen LogP contribution in [-0.4, -0.2) is 34.2 Å². The Bertz CT molecular complexity index is 1100. The molecule has 0 bridgehead atoms. The molecule has 3 rings (SSSR count). The van der Waals surface area contributed by atoms with E-state index in [2.05, 4.69) is 17.0 Å². The molecule has 7 nitrogen and oxygen atoms in total. The van der Waals surface area contributed by atoms with Crippen molar-refractivity contribution < 1.29 is 9.90 Å². The van der Waals surface area contributed by atoms with E-state index in [9.17, 15) is 9.59 Å². The van der Waals surface area contributed by atoms with Gasteiger partial charge in [-0.3, -0.25) is 19.8 Å². The molecule has 28 heavy (non-hydrogen) atoms. The topological polar surface area (TPSA) is 90.7 Å². The molecule has 0 unspecified atom stereocenters. The standard InChI is InChI=1S/C21H22N4O3/c1-4-15-8-5-6-11-19(15)22-13-18-14(2)23-25(20(18)26)17-10-7-9-16(12-17)24(3)21(27)28/h5-13,23H,4H2,1-3H3,(H,27,28). The van der Waals surface area contributed by atoms with Crippen LogP contribution in [0.4, 0.5) is 16.2 Å². The Morgan fingerprint density at radius 2 is 2.00 bits per heavy atom. The Balaban J connectivity index is 1.99. The van der Waals surface area contributed by atoms with Crippen LogP contribution in [0.1, 0.15) is 23.7 Å². The van der Waals surface area contributed by atoms with Crippen molar-refractivity contribution >= 4 is 23.7 Å². The molecule has 0 saturated carbocycles. The summed E-state index contributed by atoms with van der Waals surface area (Å²) in [5.41, 5.74) is 3.86. The molecule has 0 spiro atoms. The average molecular weight is 378 g/mol. The van der Waals surface area contributed by atoms with Gasteiger partial charge in [0.2, 0.25) is 0 Å². The quantitative estimate of drug-likeness (QED) is 0.660. The number of benzene rings is 2. The van der Waals surface area contributed by atoms with Crippen LogP contribution in [0.5, 0.6) is 0 Å². The predicted octanol–water partition coefficient (Wildman–Crippen LogP) is 3.90. The van der Waals surface area contributed by atoms with Gasteiger partial charge in [-0.05, 0) is 43.2 Å². The molecule has 0 aliphatic heterocycles. The van der Waals surface area contributed by atoms with Crippen LogP contribution < -0.4 is 10.5 Å². The lowest BCUT2D eigenvalue weighted by Crippen LogP contribution is -2.24. The lowest BCUT2D eigenvalue weighted by molar-refractivity contribution is 0.203. The monoisotopic (exact) mass is 378 g/mol. The highest BCUT2D eigenvalue weighted by molar-refractivity contribution is 5.86. The fraction of sp³-hybridized carbons (Fsp3) is 0.190. The number of H-pyrrole nitrogens is 1. The smallest absolute Gasteiger partial charge is 0.411 e. The number of aryl methyl sites for hydroxylation is 2. The zero-order valence-electron chi connectivity index (χ0n) is 16.0. The van der Waals surface area contributed by atoms with Gasteiger partial charge in [0.15, 0.2) is 0 Å². The Morgan fingerprint density at radius 1 is 1.25 bits per heavy atom. The van der Waals surface area contributed by atoms with Crippen molar-refractivity contribution in [1.29, 1.82) is 0 Å². The number of carboxylic acid groups (broad SMARTS) is 1. The molecular formula is C21H22N4O3. The third kappa shape index (κ3) is 3.73. The third-order valence-corrected chi connectivity index (χ3v) is 4.58. The number of aromatic amines is 1. The Morgan fingerprint density at radius 3 is 2.71 bits per heavy atom. The second-order valence-corrected chi connectivity index (χ2v) is 6.39. The fourth-order valence-electron chi connectivity index (χ4n) is 2.91. The minimum absolute atomic E-state index is 0.245. The van der Waals surface area contributed by atoms with Crippen LogP contribution in [0.3, 0.4) is 0 Å². The van der Waals surface area contributed by atoms with E-state index in [1.807, 2.05) is 24.3 Å². The van der Waals surface area contributed by atoms with Crippen LogP contribution in [0.2, 0.25) is 0 Å². The maximum absolute atomic E-state index is 12.9. The number of hydrogen-bond acceptors (Lipinski definition) is 3. The van der Waals surface area contributed by atoms with Crippen molar-refractivity contribution in [2.45, 2.75) is 20.3 Å². The second kappa shape index (κ2) is 7.96. The van der Waals surface area contributed by atoms with E-state index >= 15 is 0 Å². The van der Waals surface area contributed by atoms with Gasteiger partial charge >= 0.3 is 6.09 Å². The first-order chi connectivity index (χ1) is 13.4. The van der Waals surface area contributed by atoms with Crippen molar-refractivity contribution in [1.82, 2.24) is 9.78 Å². The molecular weight excluding hydrogens is 356 g/mol. The first-order valence-electron chi connectivity index (χ1n) is 8.93. The molecule has 2 aromatic carbocycles. The largest absolute Gasteiger partial charge is 0.465 e. The van der Waals surface area contributed by atoms with Crippen molar-refractivity contribution in [2.75, 3.05) is 11.9 Å². The maximum Gasteiger partial charge on any atom is 0.411 e. The number of anilines is 1. The summed E-state index contributed by atoms with van der Waals surface area (Å²) in [6, 6.07) is 14.6. The van der Waals surface area contributed by atoms with Gasteiger partial charge in [0, 0.05) is 24.6 Å². The molecule has 0 atom stereocenters. The first kappa shape index (κ1) is 19.2. The van der Waals surface area contributed by atoms with Gasteiger partial charge < -0.3 is 5.11 Å². The highest BCUT2D eigenvalue weighted by Crippen LogP contribution is 2.20. The number of rotatable bonds is 5. The minimum atomic E-state index is -1.07. The van der Waals surface area contributed by atoms with Crippen LogP contribution in [0, 0.1) is 6.92 Å². The van der Waals surface area contributed by atoms with Crippen molar-refractivity contribution in [3.8, 4) is 5.69 Å². The number of nitrogens with zero attached hydrogens (tertiary/aromatic N) is 3. The molecule has 1 heterocycles. The number of carbonyl (C=O) groups is 1. The number of aliphatic imine (C=N–C) groups is 1. The molecule has 0 radical (unpaired) electrons. The van der Waals surface area contributed by atoms with E-state index in [4.69, 9.17) is 5.11 Å². The van der Waals surface area contributed by atoms with Gasteiger partial charge in [0.25, 0.3) is 5.56 Å². The molecule has 0 saturated heterocycles. The predicted molar refractivity (Wildman–Crippen MR) is 111 cm³/mol. The molecule has 0 aliphatic rings. The van der Waals surface area contributed by atoms with Crippen LogP contribution in [0.15, 0.2) is 58.3 Å². The van der Waals surface area contributed by atoms with Crippen molar-refractivity contribution in [3.05, 3.63) is 75.7 Å². The Hall–Kier alpha value is -3.61. The zero-order valence-corrected chi connectivity index (χ0v) is 16.0. The van der Waals surface area contributed by atoms with E-state index in [1.165, 1.54) is 11.7 Å². The Labute approximate surface area is 162 Å². The van der Waals surface area contributed by atoms with Crippen LogP contribution in [0.25, 0.3) is 5.69 Å². The number of nitrogens with one attached hydrogen (secondary N) is 1. The van der Waals surface area contributed by atoms with Gasteiger partial charge in [0.1, 0.15) is 0 Å². The molecule has 3 aromatic rings. The Kier molecular flexibility index (Phi) is 5.44. The molecule has 1 amide bonds. The molecule has 144 valence electrons. The van der Waals surface area contributed by atoms with E-state index in [1.54, 1.807) is 37.4 Å². The highest BCUT2D eigenvalue weighted by atomic mass is 16.4. The van der Waals surface area contributed by atoms with Crippen molar-refractivity contribution in [3.63, 3.8) is 0 Å². The van der Waals surface area contributed by atoms with E-state index < -0.39 is 6.09 Å². The van der Waals surface area contributed by atoms with Gasteiger partial charge in [-0.25, -0.2) is 9.48 Å². The fourth-order valence-corrected chi connectivity index (χ4v) is 2.91. The second-order valence-electron chi connectivity index (χ2n) is 6.39. The van der Waals surface area contributed by atoms with E-state index in [0.717, 1.165) is 22.6 Å². The summed E-state index contributed by atoms with van der Waals surface area (Å²) in [4.78, 5) is 29.7. The van der Waals surface area contributed by atoms with Crippen LogP contribution >= 0.6 is 0 Å². The van der Waals surface area contributed by atoms with E-state index in [0.29, 0.717) is 22.6 Å².